The zero-order valence-electron chi connectivity index (χ0n) is 15.1. The lowest BCUT2D eigenvalue weighted by Crippen LogP contribution is -2.51. The Balaban J connectivity index is 1.59. The fourth-order valence-corrected chi connectivity index (χ4v) is 3.98. The van der Waals surface area contributed by atoms with E-state index in [1.54, 1.807) is 0 Å². The third-order valence-electron chi connectivity index (χ3n) is 5.64. The number of piperidine rings is 2. The normalized spacial score (nSPS) is 21.1. The van der Waals surface area contributed by atoms with Gasteiger partial charge in [-0.3, -0.25) is 9.69 Å². The third-order valence-corrected chi connectivity index (χ3v) is 5.64. The summed E-state index contributed by atoms with van der Waals surface area (Å²) < 4.78 is 0. The summed E-state index contributed by atoms with van der Waals surface area (Å²) >= 11 is 0. The van der Waals surface area contributed by atoms with Gasteiger partial charge in [-0.05, 0) is 57.2 Å². The minimum Gasteiger partial charge on any atom is -0.338 e. The van der Waals surface area contributed by atoms with E-state index in [4.69, 9.17) is 0 Å². The number of carbonyl (C=O) groups excluding carboxylic acids is 1. The fourth-order valence-electron chi connectivity index (χ4n) is 3.98. The van der Waals surface area contributed by atoms with E-state index in [0.29, 0.717) is 11.3 Å². The molecule has 2 heterocycles. The fraction of sp³-hybridized carbons (Fsp3) is 0.571. The van der Waals surface area contributed by atoms with E-state index in [1.165, 1.54) is 24.0 Å². The van der Waals surface area contributed by atoms with Crippen LogP contribution in [0.3, 0.4) is 0 Å². The Bertz CT molecular complexity index is 581. The zero-order valence-corrected chi connectivity index (χ0v) is 15.1. The molecule has 0 atom stereocenters. The molecule has 1 aromatic carbocycles. The molecule has 2 aliphatic heterocycles. The van der Waals surface area contributed by atoms with Crippen LogP contribution in [0.15, 0.2) is 42.0 Å². The topological polar surface area (TPSA) is 23.6 Å². The number of hydrogen-bond donors (Lipinski definition) is 0. The van der Waals surface area contributed by atoms with Crippen LogP contribution in [0.5, 0.6) is 0 Å². The summed E-state index contributed by atoms with van der Waals surface area (Å²) in [4.78, 5) is 17.0. The summed E-state index contributed by atoms with van der Waals surface area (Å²) in [6.45, 7) is 9.44. The Morgan fingerprint density at radius 2 is 1.83 bits per heavy atom. The van der Waals surface area contributed by atoms with E-state index >= 15 is 0 Å². The molecule has 0 saturated carbocycles. The summed E-state index contributed by atoms with van der Waals surface area (Å²) in [6.07, 6.45) is 6.57. The van der Waals surface area contributed by atoms with Gasteiger partial charge in [0.1, 0.15) is 0 Å². The third kappa shape index (κ3) is 4.27. The Morgan fingerprint density at radius 1 is 1.12 bits per heavy atom. The van der Waals surface area contributed by atoms with Gasteiger partial charge in [0.25, 0.3) is 0 Å². The van der Waals surface area contributed by atoms with Crippen LogP contribution in [0.25, 0.3) is 0 Å². The number of amides is 1. The molecule has 0 aromatic heterocycles. The highest BCUT2D eigenvalue weighted by atomic mass is 16.2. The molecule has 2 aliphatic rings. The highest BCUT2D eigenvalue weighted by molar-refractivity contribution is 5.77. The zero-order chi connectivity index (χ0) is 17.0. The molecule has 0 unspecified atom stereocenters. The molecule has 24 heavy (non-hydrogen) atoms. The van der Waals surface area contributed by atoms with Crippen molar-refractivity contribution >= 4 is 5.91 Å². The van der Waals surface area contributed by atoms with E-state index in [2.05, 4.69) is 54.0 Å². The number of hydrogen-bond acceptors (Lipinski definition) is 2. The van der Waals surface area contributed by atoms with Crippen LogP contribution in [0.1, 0.15) is 45.1 Å². The minimum absolute atomic E-state index is 0.330. The van der Waals surface area contributed by atoms with Gasteiger partial charge in [-0.1, -0.05) is 42.0 Å². The van der Waals surface area contributed by atoms with Crippen molar-refractivity contribution in [1.82, 2.24) is 9.80 Å². The van der Waals surface area contributed by atoms with Crippen molar-refractivity contribution in [3.63, 3.8) is 0 Å². The molecule has 1 aromatic rings. The van der Waals surface area contributed by atoms with Gasteiger partial charge in [-0.25, -0.2) is 0 Å². The van der Waals surface area contributed by atoms with Crippen LogP contribution in [-0.2, 0) is 11.3 Å². The lowest BCUT2D eigenvalue weighted by atomic mass is 9.72. The second-order valence-corrected chi connectivity index (χ2v) is 7.82. The van der Waals surface area contributed by atoms with Gasteiger partial charge in [-0.15, -0.1) is 0 Å². The van der Waals surface area contributed by atoms with Crippen molar-refractivity contribution in [3.05, 3.63) is 47.5 Å². The van der Waals surface area contributed by atoms with Gasteiger partial charge in [-0.2, -0.15) is 0 Å². The van der Waals surface area contributed by atoms with Crippen LogP contribution >= 0.6 is 0 Å². The van der Waals surface area contributed by atoms with Gasteiger partial charge in [0, 0.05) is 26.1 Å². The first-order valence-corrected chi connectivity index (χ1v) is 9.24. The van der Waals surface area contributed by atoms with E-state index in [1.807, 2.05) is 6.07 Å². The molecule has 130 valence electrons. The first-order valence-electron chi connectivity index (χ1n) is 9.24. The van der Waals surface area contributed by atoms with E-state index in [9.17, 15) is 4.79 Å². The number of rotatable bonds is 4. The second-order valence-electron chi connectivity index (χ2n) is 7.82. The first-order chi connectivity index (χ1) is 11.6. The van der Waals surface area contributed by atoms with Gasteiger partial charge in [0.2, 0.25) is 5.91 Å². The molecule has 3 heteroatoms. The summed E-state index contributed by atoms with van der Waals surface area (Å²) in [5.41, 5.74) is 2.99. The predicted octanol–water partition coefficient (Wildman–Crippen LogP) is 3.86. The Hall–Kier alpha value is -1.61. The van der Waals surface area contributed by atoms with E-state index < -0.39 is 0 Å². The van der Waals surface area contributed by atoms with Crippen molar-refractivity contribution in [2.24, 2.45) is 5.41 Å². The minimum atomic E-state index is 0.330. The number of allylic oxidation sites excluding steroid dienone is 1. The van der Waals surface area contributed by atoms with Crippen molar-refractivity contribution in [2.45, 2.75) is 46.1 Å². The molecule has 3 rings (SSSR count). The number of carbonyl (C=O) groups is 1. The maximum atomic E-state index is 12.4. The average molecular weight is 326 g/mol. The van der Waals surface area contributed by atoms with Crippen LogP contribution in [-0.4, -0.2) is 41.9 Å². The van der Waals surface area contributed by atoms with Gasteiger partial charge in [0.05, 0.1) is 0 Å². The first kappa shape index (κ1) is 17.2. The van der Waals surface area contributed by atoms with Crippen LogP contribution in [0.2, 0.25) is 0 Å². The van der Waals surface area contributed by atoms with Crippen LogP contribution in [0, 0.1) is 5.41 Å². The predicted molar refractivity (Wildman–Crippen MR) is 98.6 cm³/mol. The van der Waals surface area contributed by atoms with E-state index in [-0.39, 0.29) is 0 Å². The molecular formula is C21H30N2O. The lowest BCUT2D eigenvalue weighted by molar-refractivity contribution is -0.139. The standard InChI is InChI=1S/C21H30N2O/c1-18(2)9-13-22-14-11-21(12-15-22)10-8-20(24)23(17-21)16-19-6-4-3-5-7-19/h3-7,9H,8,10-17H2,1-2H3. The quantitative estimate of drug-likeness (QED) is 0.785. The lowest BCUT2D eigenvalue weighted by Gasteiger charge is -2.47. The summed E-state index contributed by atoms with van der Waals surface area (Å²) in [7, 11) is 0. The van der Waals surface area contributed by atoms with Gasteiger partial charge in [0.15, 0.2) is 0 Å². The molecule has 0 N–H and O–H groups in total. The maximum absolute atomic E-state index is 12.4. The Labute approximate surface area is 146 Å². The molecule has 2 saturated heterocycles. The molecular weight excluding hydrogens is 296 g/mol. The highest BCUT2D eigenvalue weighted by Gasteiger charge is 2.40. The molecule has 0 radical (unpaired) electrons. The van der Waals surface area contributed by atoms with Crippen molar-refractivity contribution in [3.8, 4) is 0 Å². The molecule has 1 amide bonds. The molecule has 1 spiro atoms. The number of nitrogens with zero attached hydrogens (tertiary/aromatic N) is 2. The number of benzene rings is 1. The summed E-state index contributed by atoms with van der Waals surface area (Å²) in [5.74, 6) is 0.330. The van der Waals surface area contributed by atoms with Crippen molar-refractivity contribution in [2.75, 3.05) is 26.2 Å². The monoisotopic (exact) mass is 326 g/mol. The molecule has 2 fully saturated rings. The smallest absolute Gasteiger partial charge is 0.222 e. The Kier molecular flexibility index (Phi) is 5.40. The van der Waals surface area contributed by atoms with Gasteiger partial charge >= 0.3 is 0 Å². The second kappa shape index (κ2) is 7.52. The SMILES string of the molecule is CC(C)=CCN1CCC2(CCC(=O)N(Cc3ccccc3)C2)CC1. The summed E-state index contributed by atoms with van der Waals surface area (Å²) in [6, 6.07) is 10.4. The van der Waals surface area contributed by atoms with Crippen molar-refractivity contribution in [1.29, 1.82) is 0 Å². The highest BCUT2D eigenvalue weighted by Crippen LogP contribution is 2.40. The van der Waals surface area contributed by atoms with Gasteiger partial charge < -0.3 is 4.90 Å². The van der Waals surface area contributed by atoms with Crippen molar-refractivity contribution < 1.29 is 4.79 Å². The van der Waals surface area contributed by atoms with Crippen LogP contribution < -0.4 is 0 Å². The molecule has 0 aliphatic carbocycles. The number of likely N-dealkylation sites (tertiary alicyclic amines) is 2. The Morgan fingerprint density at radius 3 is 2.50 bits per heavy atom. The van der Waals surface area contributed by atoms with Crippen LogP contribution in [0.4, 0.5) is 0 Å². The average Bonchev–Trinajstić information content (AvgIpc) is 2.59. The largest absolute Gasteiger partial charge is 0.338 e. The summed E-state index contributed by atoms with van der Waals surface area (Å²) in [5, 5.41) is 0. The molecule has 3 nitrogen and oxygen atoms in total. The van der Waals surface area contributed by atoms with E-state index in [0.717, 1.165) is 45.6 Å². The maximum Gasteiger partial charge on any atom is 0.222 e. The molecule has 0 bridgehead atoms.